The van der Waals surface area contributed by atoms with Crippen molar-refractivity contribution in [2.75, 3.05) is 36.4 Å². The fourth-order valence-electron chi connectivity index (χ4n) is 4.47. The summed E-state index contributed by atoms with van der Waals surface area (Å²) in [4.78, 5) is 17.4. The van der Waals surface area contributed by atoms with Crippen LogP contribution in [0.5, 0.6) is 0 Å². The topological polar surface area (TPSA) is 94.6 Å². The van der Waals surface area contributed by atoms with Gasteiger partial charge in [0.2, 0.25) is 15.9 Å². The van der Waals surface area contributed by atoms with E-state index >= 15 is 0 Å². The molecule has 2 aliphatic rings. The van der Waals surface area contributed by atoms with Gasteiger partial charge in [-0.25, -0.2) is 13.4 Å². The molecule has 190 valence electrons. The molecule has 0 bridgehead atoms. The van der Waals surface area contributed by atoms with E-state index in [-0.39, 0.29) is 22.9 Å². The first-order chi connectivity index (χ1) is 16.5. The smallest absolute Gasteiger partial charge is 0.369 e. The molecular formula is C23H28F3N5O3S. The molecule has 0 aliphatic carbocycles. The molecule has 1 atom stereocenters. The van der Waals surface area contributed by atoms with Crippen molar-refractivity contribution in [2.24, 2.45) is 0 Å². The average Bonchev–Trinajstić information content (AvgIpc) is 3.27. The maximum Gasteiger partial charge on any atom is 0.417 e. The predicted molar refractivity (Wildman–Crippen MR) is 126 cm³/mol. The van der Waals surface area contributed by atoms with Gasteiger partial charge in [-0.3, -0.25) is 4.79 Å². The average molecular weight is 512 g/mol. The number of sulfonamides is 1. The number of alkyl halides is 3. The van der Waals surface area contributed by atoms with Crippen molar-refractivity contribution >= 4 is 27.4 Å². The minimum absolute atomic E-state index is 0.0621. The summed E-state index contributed by atoms with van der Waals surface area (Å²) >= 11 is 0. The second kappa shape index (κ2) is 10.0. The number of benzene rings is 1. The Kier molecular flexibility index (Phi) is 7.22. The second-order valence-corrected chi connectivity index (χ2v) is 10.8. The Balaban J connectivity index is 1.32. The van der Waals surface area contributed by atoms with E-state index in [1.807, 2.05) is 0 Å². The molecular weight excluding hydrogens is 483 g/mol. The van der Waals surface area contributed by atoms with Crippen molar-refractivity contribution in [3.63, 3.8) is 0 Å². The van der Waals surface area contributed by atoms with Gasteiger partial charge in [0, 0.05) is 57.1 Å². The molecule has 2 N–H and O–H groups in total. The van der Waals surface area contributed by atoms with Crippen molar-refractivity contribution in [1.29, 1.82) is 0 Å². The fourth-order valence-corrected chi connectivity index (χ4v) is 5.94. The summed E-state index contributed by atoms with van der Waals surface area (Å²) in [7, 11) is -3.66. The summed E-state index contributed by atoms with van der Waals surface area (Å²) in [6.07, 6.45) is -1.79. The summed E-state index contributed by atoms with van der Waals surface area (Å²) in [5.41, 5.74) is 0.0935. The van der Waals surface area contributed by atoms with Crippen LogP contribution in [-0.4, -0.2) is 61.9 Å². The molecule has 4 rings (SSSR count). The molecule has 0 spiro atoms. The van der Waals surface area contributed by atoms with Crippen LogP contribution in [0.25, 0.3) is 0 Å². The highest BCUT2D eigenvalue weighted by atomic mass is 32.2. The zero-order chi connectivity index (χ0) is 25.2. The molecule has 2 saturated heterocycles. The molecule has 2 aliphatic heterocycles. The van der Waals surface area contributed by atoms with Crippen LogP contribution in [0.4, 0.5) is 24.7 Å². The highest BCUT2D eigenvalue weighted by molar-refractivity contribution is 7.89. The molecule has 12 heteroatoms. The van der Waals surface area contributed by atoms with Crippen LogP contribution in [0.3, 0.4) is 0 Å². The van der Waals surface area contributed by atoms with Crippen molar-refractivity contribution in [3.8, 4) is 0 Å². The molecule has 0 radical (unpaired) electrons. The largest absolute Gasteiger partial charge is 0.417 e. The number of hydrogen-bond acceptors (Lipinski definition) is 6. The number of carbonyl (C=O) groups excluding carboxylic acids is 1. The summed E-state index contributed by atoms with van der Waals surface area (Å²) in [5, 5.41) is 6.00. The molecule has 0 unspecified atom stereocenters. The number of hydrogen-bond donors (Lipinski definition) is 2. The first-order valence-electron chi connectivity index (χ1n) is 11.4. The van der Waals surface area contributed by atoms with E-state index in [1.165, 1.54) is 17.3 Å². The summed E-state index contributed by atoms with van der Waals surface area (Å²) < 4.78 is 65.7. The summed E-state index contributed by atoms with van der Waals surface area (Å²) in [5.74, 6) is 0.269. The monoisotopic (exact) mass is 511 g/mol. The zero-order valence-corrected chi connectivity index (χ0v) is 20.1. The van der Waals surface area contributed by atoms with Crippen molar-refractivity contribution in [1.82, 2.24) is 14.6 Å². The molecule has 2 fully saturated rings. The third kappa shape index (κ3) is 6.04. The maximum atomic E-state index is 13.1. The molecule has 8 nitrogen and oxygen atoms in total. The number of anilines is 2. The summed E-state index contributed by atoms with van der Waals surface area (Å²) in [6, 6.07) is 9.04. The second-order valence-electron chi connectivity index (χ2n) is 8.88. The Morgan fingerprint density at radius 2 is 1.66 bits per heavy atom. The Hall–Kier alpha value is -2.86. The van der Waals surface area contributed by atoms with Gasteiger partial charge in [0.25, 0.3) is 0 Å². The van der Waals surface area contributed by atoms with Crippen LogP contribution in [0, 0.1) is 0 Å². The molecule has 1 aromatic heterocycles. The Bertz CT molecular complexity index is 1130. The highest BCUT2D eigenvalue weighted by Crippen LogP contribution is 2.30. The fraction of sp³-hybridized carbons (Fsp3) is 0.478. The van der Waals surface area contributed by atoms with Crippen LogP contribution in [0.1, 0.15) is 31.7 Å². The molecule has 1 amide bonds. The van der Waals surface area contributed by atoms with Crippen LogP contribution in [0.2, 0.25) is 0 Å². The number of carbonyl (C=O) groups is 1. The zero-order valence-electron chi connectivity index (χ0n) is 19.3. The van der Waals surface area contributed by atoms with E-state index in [0.717, 1.165) is 30.9 Å². The number of rotatable bonds is 6. The van der Waals surface area contributed by atoms with Crippen LogP contribution >= 0.6 is 0 Å². The number of piperidine rings is 1. The Morgan fingerprint density at radius 1 is 1.00 bits per heavy atom. The molecule has 35 heavy (non-hydrogen) atoms. The Labute approximate surface area is 202 Å². The number of aromatic nitrogens is 1. The lowest BCUT2D eigenvalue weighted by molar-refractivity contribution is -0.137. The van der Waals surface area contributed by atoms with Gasteiger partial charge >= 0.3 is 6.18 Å². The van der Waals surface area contributed by atoms with E-state index in [1.54, 1.807) is 24.3 Å². The van der Waals surface area contributed by atoms with Gasteiger partial charge < -0.3 is 15.5 Å². The molecule has 0 saturated carbocycles. The summed E-state index contributed by atoms with van der Waals surface area (Å²) in [6.45, 7) is 3.55. The van der Waals surface area contributed by atoms with Gasteiger partial charge in [-0.2, -0.15) is 17.5 Å². The quantitative estimate of drug-likeness (QED) is 0.619. The van der Waals surface area contributed by atoms with Gasteiger partial charge in [0.15, 0.2) is 0 Å². The minimum Gasteiger partial charge on any atom is -0.369 e. The van der Waals surface area contributed by atoms with Crippen molar-refractivity contribution < 1.29 is 26.4 Å². The molecule has 3 heterocycles. The van der Waals surface area contributed by atoms with Crippen LogP contribution in [0.15, 0.2) is 47.5 Å². The number of nitrogens with one attached hydrogen (secondary N) is 2. The Morgan fingerprint density at radius 3 is 2.23 bits per heavy atom. The predicted octanol–water partition coefficient (Wildman–Crippen LogP) is 3.08. The minimum atomic E-state index is -4.44. The van der Waals surface area contributed by atoms with Crippen molar-refractivity contribution in [2.45, 2.75) is 49.3 Å². The number of pyridine rings is 1. The van der Waals surface area contributed by atoms with Gasteiger partial charge in [0.1, 0.15) is 5.82 Å². The van der Waals surface area contributed by atoms with Gasteiger partial charge in [-0.05, 0) is 55.7 Å². The lowest BCUT2D eigenvalue weighted by Gasteiger charge is -2.32. The third-order valence-electron chi connectivity index (χ3n) is 6.33. The molecule has 1 aromatic carbocycles. The van der Waals surface area contributed by atoms with E-state index in [9.17, 15) is 26.4 Å². The molecule has 2 aromatic rings. The number of halogens is 3. The first kappa shape index (κ1) is 25.2. The van der Waals surface area contributed by atoms with E-state index in [0.29, 0.717) is 38.3 Å². The van der Waals surface area contributed by atoms with Crippen LogP contribution in [-0.2, 0) is 21.0 Å². The normalized spacial score (nSPS) is 20.1. The lowest BCUT2D eigenvalue weighted by atomic mass is 10.1. The standard InChI is InChI=1S/C23H28F3N5O3S/c1-16(32)28-19-8-11-30(15-19)20-3-5-21(6-4-20)35(33,34)31-12-9-18(10-13-31)29-22-7-2-17(14-27-22)23(24,25)26/h2-7,14,18-19H,8-13,15H2,1H3,(H,27,29)(H,28,32)/t19-/m0/s1. The van der Waals surface area contributed by atoms with E-state index in [2.05, 4.69) is 20.5 Å². The van der Waals surface area contributed by atoms with Crippen LogP contribution < -0.4 is 15.5 Å². The number of amides is 1. The van der Waals surface area contributed by atoms with Gasteiger partial charge in [-0.1, -0.05) is 0 Å². The maximum absolute atomic E-state index is 13.1. The lowest BCUT2D eigenvalue weighted by Crippen LogP contribution is -2.42. The highest BCUT2D eigenvalue weighted by Gasteiger charge is 2.32. The SMILES string of the molecule is CC(=O)N[C@H]1CCN(c2ccc(S(=O)(=O)N3CCC(Nc4ccc(C(F)(F)F)cn4)CC3)cc2)C1. The third-order valence-corrected chi connectivity index (χ3v) is 8.24. The van der Waals surface area contributed by atoms with E-state index < -0.39 is 21.8 Å². The van der Waals surface area contributed by atoms with E-state index in [4.69, 9.17) is 0 Å². The number of nitrogens with zero attached hydrogens (tertiary/aromatic N) is 3. The van der Waals surface area contributed by atoms with Crippen molar-refractivity contribution in [3.05, 3.63) is 48.2 Å². The van der Waals surface area contributed by atoms with Gasteiger partial charge in [-0.15, -0.1) is 0 Å². The van der Waals surface area contributed by atoms with Gasteiger partial charge in [0.05, 0.1) is 10.5 Å². The first-order valence-corrected chi connectivity index (χ1v) is 12.9.